The topological polar surface area (TPSA) is 69.4 Å². The zero-order valence-electron chi connectivity index (χ0n) is 11.2. The standard InChI is InChI=1S/C15H12FNO4/c1-10(15(18)11-5-3-2-4-6-11)21-14-9-12(16)7-8-13(14)17(19)20/h2-10H,1H3. The van der Waals surface area contributed by atoms with Crippen LogP contribution < -0.4 is 4.74 Å². The smallest absolute Gasteiger partial charge is 0.311 e. The van der Waals surface area contributed by atoms with Crippen LogP contribution in [0.2, 0.25) is 0 Å². The van der Waals surface area contributed by atoms with Gasteiger partial charge in [-0.2, -0.15) is 0 Å². The molecule has 0 heterocycles. The Morgan fingerprint density at radius 1 is 1.24 bits per heavy atom. The third kappa shape index (κ3) is 3.42. The van der Waals surface area contributed by atoms with Crippen molar-refractivity contribution in [3.8, 4) is 5.75 Å². The average Bonchev–Trinajstić information content (AvgIpc) is 2.47. The summed E-state index contributed by atoms with van der Waals surface area (Å²) >= 11 is 0. The largest absolute Gasteiger partial charge is 0.475 e. The maximum absolute atomic E-state index is 13.2. The van der Waals surface area contributed by atoms with Crippen molar-refractivity contribution in [1.82, 2.24) is 0 Å². The van der Waals surface area contributed by atoms with Crippen molar-refractivity contribution >= 4 is 11.5 Å². The summed E-state index contributed by atoms with van der Waals surface area (Å²) in [4.78, 5) is 22.3. The molecule has 0 saturated heterocycles. The highest BCUT2D eigenvalue weighted by Gasteiger charge is 2.22. The molecule has 108 valence electrons. The molecule has 0 aliphatic heterocycles. The van der Waals surface area contributed by atoms with Gasteiger partial charge in [-0.1, -0.05) is 30.3 Å². The fourth-order valence-electron chi connectivity index (χ4n) is 1.81. The Bertz CT molecular complexity index is 673. The predicted octanol–water partition coefficient (Wildman–Crippen LogP) is 3.38. The number of hydrogen-bond donors (Lipinski definition) is 0. The number of ether oxygens (including phenoxy) is 1. The second-order valence-electron chi connectivity index (χ2n) is 4.36. The maximum Gasteiger partial charge on any atom is 0.311 e. The normalized spacial score (nSPS) is 11.7. The van der Waals surface area contributed by atoms with Gasteiger partial charge >= 0.3 is 5.69 Å². The first-order valence-corrected chi connectivity index (χ1v) is 6.19. The van der Waals surface area contributed by atoms with E-state index in [-0.39, 0.29) is 17.2 Å². The Labute approximate surface area is 120 Å². The number of carbonyl (C=O) groups excluding carboxylic acids is 1. The summed E-state index contributed by atoms with van der Waals surface area (Å²) in [5.74, 6) is -1.28. The molecule has 0 aliphatic rings. The average molecular weight is 289 g/mol. The van der Waals surface area contributed by atoms with Gasteiger partial charge in [0, 0.05) is 17.7 Å². The SMILES string of the molecule is CC(Oc1cc(F)ccc1[N+](=O)[O-])C(=O)c1ccccc1. The van der Waals surface area contributed by atoms with Crippen molar-refractivity contribution in [2.45, 2.75) is 13.0 Å². The number of ketones is 1. The number of carbonyl (C=O) groups is 1. The zero-order chi connectivity index (χ0) is 15.4. The van der Waals surface area contributed by atoms with Crippen LogP contribution >= 0.6 is 0 Å². The van der Waals surface area contributed by atoms with Crippen molar-refractivity contribution in [3.63, 3.8) is 0 Å². The van der Waals surface area contributed by atoms with E-state index in [2.05, 4.69) is 0 Å². The monoisotopic (exact) mass is 289 g/mol. The summed E-state index contributed by atoms with van der Waals surface area (Å²) in [5, 5.41) is 10.9. The van der Waals surface area contributed by atoms with Crippen molar-refractivity contribution in [2.75, 3.05) is 0 Å². The fourth-order valence-corrected chi connectivity index (χ4v) is 1.81. The summed E-state index contributed by atoms with van der Waals surface area (Å²) in [5.41, 5.74) is 0.0353. The summed E-state index contributed by atoms with van der Waals surface area (Å²) in [6, 6.07) is 11.3. The van der Waals surface area contributed by atoms with E-state index in [9.17, 15) is 19.3 Å². The molecule has 0 aromatic heterocycles. The quantitative estimate of drug-likeness (QED) is 0.480. The van der Waals surface area contributed by atoms with Gasteiger partial charge in [0.25, 0.3) is 0 Å². The van der Waals surface area contributed by atoms with Crippen LogP contribution in [0.25, 0.3) is 0 Å². The molecule has 5 nitrogen and oxygen atoms in total. The van der Waals surface area contributed by atoms with Gasteiger partial charge in [-0.15, -0.1) is 0 Å². The van der Waals surface area contributed by atoms with Crippen LogP contribution in [0, 0.1) is 15.9 Å². The third-order valence-corrected chi connectivity index (χ3v) is 2.85. The first kappa shape index (κ1) is 14.6. The van der Waals surface area contributed by atoms with E-state index in [1.165, 1.54) is 6.92 Å². The van der Waals surface area contributed by atoms with E-state index in [0.29, 0.717) is 5.56 Å². The number of benzene rings is 2. The molecule has 6 heteroatoms. The molecule has 2 aromatic carbocycles. The molecule has 2 rings (SSSR count). The van der Waals surface area contributed by atoms with Gasteiger partial charge in [-0.3, -0.25) is 14.9 Å². The lowest BCUT2D eigenvalue weighted by Gasteiger charge is -2.13. The van der Waals surface area contributed by atoms with Gasteiger partial charge in [-0.25, -0.2) is 4.39 Å². The van der Waals surface area contributed by atoms with Crippen LogP contribution in [0.1, 0.15) is 17.3 Å². The lowest BCUT2D eigenvalue weighted by Crippen LogP contribution is -2.24. The van der Waals surface area contributed by atoms with E-state index < -0.39 is 16.8 Å². The predicted molar refractivity (Wildman–Crippen MR) is 73.9 cm³/mol. The zero-order valence-corrected chi connectivity index (χ0v) is 11.2. The Kier molecular flexibility index (Phi) is 4.27. The van der Waals surface area contributed by atoms with Crippen molar-refractivity contribution in [1.29, 1.82) is 0 Å². The van der Waals surface area contributed by atoms with E-state index in [1.807, 2.05) is 0 Å². The van der Waals surface area contributed by atoms with Crippen molar-refractivity contribution < 1.29 is 18.8 Å². The van der Waals surface area contributed by atoms with E-state index in [4.69, 9.17) is 4.74 Å². The van der Waals surface area contributed by atoms with Crippen LogP contribution in [-0.4, -0.2) is 16.8 Å². The molecular formula is C15H12FNO4. The Morgan fingerprint density at radius 2 is 1.90 bits per heavy atom. The first-order chi connectivity index (χ1) is 9.99. The highest BCUT2D eigenvalue weighted by atomic mass is 19.1. The molecule has 0 aliphatic carbocycles. The van der Waals surface area contributed by atoms with Crippen LogP contribution in [0.3, 0.4) is 0 Å². The number of nitro groups is 1. The van der Waals surface area contributed by atoms with Crippen LogP contribution in [-0.2, 0) is 0 Å². The number of Topliss-reactive ketones (excluding diaryl/α,β-unsaturated/α-hetero) is 1. The van der Waals surface area contributed by atoms with Gasteiger partial charge in [0.2, 0.25) is 11.5 Å². The Balaban J connectivity index is 2.24. The second-order valence-corrected chi connectivity index (χ2v) is 4.36. The lowest BCUT2D eigenvalue weighted by atomic mass is 10.1. The molecule has 0 radical (unpaired) electrons. The molecule has 0 saturated carbocycles. The van der Waals surface area contributed by atoms with Crippen molar-refractivity contribution in [2.24, 2.45) is 0 Å². The summed E-state index contributed by atoms with van der Waals surface area (Å²) < 4.78 is 18.5. The van der Waals surface area contributed by atoms with Crippen molar-refractivity contribution in [3.05, 3.63) is 70.0 Å². The van der Waals surface area contributed by atoms with Gasteiger partial charge in [0.1, 0.15) is 5.82 Å². The highest BCUT2D eigenvalue weighted by Crippen LogP contribution is 2.28. The minimum absolute atomic E-state index is 0.267. The molecule has 0 amide bonds. The lowest BCUT2D eigenvalue weighted by molar-refractivity contribution is -0.386. The highest BCUT2D eigenvalue weighted by molar-refractivity contribution is 5.99. The molecule has 1 unspecified atom stereocenters. The van der Waals surface area contributed by atoms with Gasteiger partial charge in [0.15, 0.2) is 6.10 Å². The molecule has 21 heavy (non-hydrogen) atoms. The molecule has 0 fully saturated rings. The Morgan fingerprint density at radius 3 is 2.52 bits per heavy atom. The van der Waals surface area contributed by atoms with Crippen LogP contribution in [0.15, 0.2) is 48.5 Å². The molecular weight excluding hydrogens is 277 g/mol. The van der Waals surface area contributed by atoms with Crippen LogP contribution in [0.4, 0.5) is 10.1 Å². The molecule has 0 bridgehead atoms. The first-order valence-electron chi connectivity index (χ1n) is 6.19. The van der Waals surface area contributed by atoms with Crippen LogP contribution in [0.5, 0.6) is 5.75 Å². The number of rotatable bonds is 5. The number of nitro benzene ring substituents is 1. The van der Waals surface area contributed by atoms with E-state index >= 15 is 0 Å². The third-order valence-electron chi connectivity index (χ3n) is 2.85. The summed E-state index contributed by atoms with van der Waals surface area (Å²) in [7, 11) is 0. The molecule has 0 N–H and O–H groups in total. The van der Waals surface area contributed by atoms with E-state index in [0.717, 1.165) is 18.2 Å². The minimum atomic E-state index is -0.965. The minimum Gasteiger partial charge on any atom is -0.475 e. The fraction of sp³-hybridized carbons (Fsp3) is 0.133. The number of hydrogen-bond acceptors (Lipinski definition) is 4. The number of halogens is 1. The molecule has 1 atom stereocenters. The van der Waals surface area contributed by atoms with Gasteiger partial charge < -0.3 is 4.74 Å². The molecule has 2 aromatic rings. The number of nitrogens with zero attached hydrogens (tertiary/aromatic N) is 1. The second kappa shape index (κ2) is 6.13. The summed E-state index contributed by atoms with van der Waals surface area (Å²) in [6.45, 7) is 1.46. The maximum atomic E-state index is 13.2. The summed E-state index contributed by atoms with van der Waals surface area (Å²) in [6.07, 6.45) is -0.965. The van der Waals surface area contributed by atoms with Gasteiger partial charge in [-0.05, 0) is 13.0 Å². The van der Waals surface area contributed by atoms with Gasteiger partial charge in [0.05, 0.1) is 4.92 Å². The molecule has 0 spiro atoms. The van der Waals surface area contributed by atoms with E-state index in [1.54, 1.807) is 30.3 Å². The Hall–Kier alpha value is -2.76.